The first-order valence-electron chi connectivity index (χ1n) is 11.0. The lowest BCUT2D eigenvalue weighted by molar-refractivity contribution is -0.288. The number of hydrogen-bond acceptors (Lipinski definition) is 10. The predicted molar refractivity (Wildman–Crippen MR) is 118 cm³/mol. The van der Waals surface area contributed by atoms with Crippen molar-refractivity contribution in [2.75, 3.05) is 6.61 Å². The summed E-state index contributed by atoms with van der Waals surface area (Å²) in [6, 6.07) is 5.67. The lowest BCUT2D eigenvalue weighted by Crippen LogP contribution is -2.63. The van der Waals surface area contributed by atoms with Crippen LogP contribution in [0.2, 0.25) is 0 Å². The molecular weight excluding hydrogens is 448 g/mol. The number of ether oxygens (including phenoxy) is 6. The fourth-order valence-corrected chi connectivity index (χ4v) is 3.63. The molecule has 1 fully saturated rings. The second-order valence-corrected chi connectivity index (χ2v) is 8.38. The first-order chi connectivity index (χ1) is 15.9. The van der Waals surface area contributed by atoms with E-state index in [1.807, 2.05) is 39.0 Å². The van der Waals surface area contributed by atoms with Crippen molar-refractivity contribution in [1.29, 1.82) is 0 Å². The molecule has 0 unspecified atom stereocenters. The molecule has 0 saturated carbocycles. The van der Waals surface area contributed by atoms with E-state index in [9.17, 15) is 19.2 Å². The highest BCUT2D eigenvalue weighted by Crippen LogP contribution is 2.34. The zero-order valence-corrected chi connectivity index (χ0v) is 20.5. The minimum absolute atomic E-state index is 0.0984. The average Bonchev–Trinajstić information content (AvgIpc) is 2.69. The Balaban J connectivity index is 2.54. The standard InChI is InChI=1S/C24H32O10/c1-12(2)18-9-8-13(3)10-19(18)33-24-23(32-17(7)28)22(31-16(6)27)21(30-15(5)26)20(34-24)11-29-14(4)25/h8-10,12,20-24H,11H2,1-7H3/t20-,21+,22+,23-,24+/m0/s1. The maximum absolute atomic E-state index is 11.9. The number of carbonyl (C=O) groups is 4. The molecule has 10 nitrogen and oxygen atoms in total. The largest absolute Gasteiger partial charge is 0.463 e. The Labute approximate surface area is 198 Å². The van der Waals surface area contributed by atoms with E-state index >= 15 is 0 Å². The first kappa shape index (κ1) is 27.1. The number of rotatable bonds is 8. The minimum Gasteiger partial charge on any atom is -0.463 e. The Bertz CT molecular complexity index is 909. The summed E-state index contributed by atoms with van der Waals surface area (Å²) in [5, 5.41) is 0. The van der Waals surface area contributed by atoms with E-state index in [1.165, 1.54) is 27.7 Å². The zero-order valence-electron chi connectivity index (χ0n) is 20.5. The molecule has 0 aromatic heterocycles. The lowest BCUT2D eigenvalue weighted by Gasteiger charge is -2.44. The normalized spacial score (nSPS) is 24.2. The topological polar surface area (TPSA) is 124 Å². The number of benzene rings is 1. The first-order valence-corrected chi connectivity index (χ1v) is 11.0. The monoisotopic (exact) mass is 480 g/mol. The van der Waals surface area contributed by atoms with Gasteiger partial charge in [0.1, 0.15) is 18.5 Å². The van der Waals surface area contributed by atoms with Gasteiger partial charge in [-0.3, -0.25) is 19.2 Å². The molecule has 34 heavy (non-hydrogen) atoms. The summed E-state index contributed by atoms with van der Waals surface area (Å²) in [5.74, 6) is -2.09. The Kier molecular flexibility index (Phi) is 9.43. The highest BCUT2D eigenvalue weighted by molar-refractivity contribution is 5.68. The molecule has 10 heteroatoms. The molecule has 0 spiro atoms. The molecule has 0 N–H and O–H groups in total. The van der Waals surface area contributed by atoms with Crippen molar-refractivity contribution in [3.63, 3.8) is 0 Å². The second kappa shape index (κ2) is 11.8. The van der Waals surface area contributed by atoms with Crippen LogP contribution in [0.15, 0.2) is 18.2 Å². The van der Waals surface area contributed by atoms with E-state index in [2.05, 4.69) is 0 Å². The van der Waals surface area contributed by atoms with E-state index in [1.54, 1.807) is 0 Å². The smallest absolute Gasteiger partial charge is 0.303 e. The maximum atomic E-state index is 11.9. The van der Waals surface area contributed by atoms with Gasteiger partial charge >= 0.3 is 23.9 Å². The predicted octanol–water partition coefficient (Wildman–Crippen LogP) is 2.58. The quantitative estimate of drug-likeness (QED) is 0.405. The van der Waals surface area contributed by atoms with E-state index in [-0.39, 0.29) is 12.5 Å². The van der Waals surface area contributed by atoms with Crippen molar-refractivity contribution in [3.05, 3.63) is 29.3 Å². The molecule has 188 valence electrons. The van der Waals surface area contributed by atoms with Gasteiger partial charge in [-0.25, -0.2) is 0 Å². The van der Waals surface area contributed by atoms with Crippen molar-refractivity contribution < 1.29 is 47.6 Å². The average molecular weight is 481 g/mol. The van der Waals surface area contributed by atoms with Crippen LogP contribution in [0.1, 0.15) is 58.6 Å². The number of carbonyl (C=O) groups excluding carboxylic acids is 4. The SMILES string of the molecule is CC(=O)OC[C@@H]1O[C@@H](Oc2cc(C)ccc2C(C)C)[C@@H](OC(C)=O)[C@H](OC(C)=O)[C@@H]1OC(C)=O. The van der Waals surface area contributed by atoms with Crippen LogP contribution in [0, 0.1) is 6.92 Å². The maximum Gasteiger partial charge on any atom is 0.303 e. The van der Waals surface area contributed by atoms with Crippen LogP contribution in [-0.4, -0.2) is 61.2 Å². The van der Waals surface area contributed by atoms with Crippen LogP contribution in [-0.2, 0) is 42.9 Å². The number of hydrogen-bond donors (Lipinski definition) is 0. The van der Waals surface area contributed by atoms with Gasteiger partial charge in [-0.05, 0) is 30.0 Å². The van der Waals surface area contributed by atoms with Crippen molar-refractivity contribution in [2.45, 2.75) is 85.1 Å². The molecule has 2 rings (SSSR count). The highest BCUT2D eigenvalue weighted by atomic mass is 16.7. The summed E-state index contributed by atoms with van der Waals surface area (Å²) in [6.07, 6.45) is -6.12. The van der Waals surface area contributed by atoms with Gasteiger partial charge in [0.15, 0.2) is 12.2 Å². The molecule has 1 aliphatic rings. The Morgan fingerprint density at radius 3 is 1.94 bits per heavy atom. The van der Waals surface area contributed by atoms with E-state index in [4.69, 9.17) is 28.4 Å². The number of esters is 4. The summed E-state index contributed by atoms with van der Waals surface area (Å²) in [6.45, 7) is 10.3. The van der Waals surface area contributed by atoms with Crippen molar-refractivity contribution >= 4 is 23.9 Å². The summed E-state index contributed by atoms with van der Waals surface area (Å²) < 4.78 is 33.5. The molecule has 0 aliphatic carbocycles. The van der Waals surface area contributed by atoms with Gasteiger partial charge in [0, 0.05) is 27.7 Å². The molecule has 1 aromatic carbocycles. The van der Waals surface area contributed by atoms with Crippen LogP contribution in [0.5, 0.6) is 5.75 Å². The molecule has 1 saturated heterocycles. The van der Waals surface area contributed by atoms with Gasteiger partial charge in [-0.1, -0.05) is 26.0 Å². The van der Waals surface area contributed by atoms with Crippen molar-refractivity contribution in [3.8, 4) is 5.75 Å². The van der Waals surface area contributed by atoms with E-state index < -0.39 is 54.6 Å². The third kappa shape index (κ3) is 7.44. The molecule has 1 heterocycles. The van der Waals surface area contributed by atoms with Gasteiger partial charge < -0.3 is 28.4 Å². The lowest BCUT2D eigenvalue weighted by atomic mass is 9.97. The third-order valence-electron chi connectivity index (χ3n) is 4.98. The van der Waals surface area contributed by atoms with E-state index in [0.717, 1.165) is 11.1 Å². The van der Waals surface area contributed by atoms with Crippen LogP contribution >= 0.6 is 0 Å². The Morgan fingerprint density at radius 2 is 1.41 bits per heavy atom. The van der Waals surface area contributed by atoms with Crippen LogP contribution in [0.4, 0.5) is 0 Å². The van der Waals surface area contributed by atoms with Crippen molar-refractivity contribution in [1.82, 2.24) is 0 Å². The Hall–Kier alpha value is -3.14. The summed E-state index contributed by atoms with van der Waals surface area (Å²) in [4.78, 5) is 47.1. The zero-order chi connectivity index (χ0) is 25.6. The fraction of sp³-hybridized carbons (Fsp3) is 0.583. The van der Waals surface area contributed by atoms with Crippen LogP contribution in [0.3, 0.4) is 0 Å². The van der Waals surface area contributed by atoms with Gasteiger partial charge in [0.05, 0.1) is 0 Å². The summed E-state index contributed by atoms with van der Waals surface area (Å²) in [7, 11) is 0. The molecule has 5 atom stereocenters. The van der Waals surface area contributed by atoms with Crippen molar-refractivity contribution in [2.24, 2.45) is 0 Å². The summed E-state index contributed by atoms with van der Waals surface area (Å²) in [5.41, 5.74) is 1.79. The second-order valence-electron chi connectivity index (χ2n) is 8.38. The molecule has 1 aliphatic heterocycles. The third-order valence-corrected chi connectivity index (χ3v) is 4.98. The fourth-order valence-electron chi connectivity index (χ4n) is 3.63. The van der Waals surface area contributed by atoms with Gasteiger partial charge in [-0.15, -0.1) is 0 Å². The molecule has 0 radical (unpaired) electrons. The molecule has 1 aromatic rings. The van der Waals surface area contributed by atoms with Crippen LogP contribution in [0.25, 0.3) is 0 Å². The van der Waals surface area contributed by atoms with Gasteiger partial charge in [0.25, 0.3) is 0 Å². The Morgan fingerprint density at radius 1 is 0.853 bits per heavy atom. The number of aryl methyl sites for hydroxylation is 1. The van der Waals surface area contributed by atoms with Gasteiger partial charge in [0.2, 0.25) is 12.4 Å². The molecular formula is C24H32O10. The minimum atomic E-state index is -1.28. The summed E-state index contributed by atoms with van der Waals surface area (Å²) >= 11 is 0. The van der Waals surface area contributed by atoms with Crippen LogP contribution < -0.4 is 4.74 Å². The van der Waals surface area contributed by atoms with Gasteiger partial charge in [-0.2, -0.15) is 0 Å². The molecule has 0 amide bonds. The highest BCUT2D eigenvalue weighted by Gasteiger charge is 2.53. The molecule has 0 bridgehead atoms. The van der Waals surface area contributed by atoms with E-state index in [0.29, 0.717) is 5.75 Å².